The van der Waals surface area contributed by atoms with E-state index in [2.05, 4.69) is 11.9 Å². The lowest BCUT2D eigenvalue weighted by Gasteiger charge is -2.10. The summed E-state index contributed by atoms with van der Waals surface area (Å²) in [4.78, 5) is 4.36. The highest BCUT2D eigenvalue weighted by Crippen LogP contribution is 2.23. The molecular formula is C16H18Cl2N2O. The SMILES string of the molecule is CCC(N)Cc1ccc(OCc2ccc(Cl)c(Cl)c2)cn1. The second kappa shape index (κ2) is 7.64. The molecule has 112 valence electrons. The molecule has 0 aliphatic rings. The Balaban J connectivity index is 1.92. The summed E-state index contributed by atoms with van der Waals surface area (Å²) in [5, 5.41) is 1.07. The molecule has 21 heavy (non-hydrogen) atoms. The Labute approximate surface area is 135 Å². The van der Waals surface area contributed by atoms with Gasteiger partial charge in [-0.15, -0.1) is 0 Å². The molecule has 5 heteroatoms. The number of hydrogen-bond acceptors (Lipinski definition) is 3. The van der Waals surface area contributed by atoms with E-state index in [-0.39, 0.29) is 6.04 Å². The topological polar surface area (TPSA) is 48.1 Å². The number of benzene rings is 1. The first-order chi connectivity index (χ1) is 10.1. The third-order valence-corrected chi connectivity index (χ3v) is 3.92. The highest BCUT2D eigenvalue weighted by molar-refractivity contribution is 6.42. The Hall–Kier alpha value is -1.29. The van der Waals surface area contributed by atoms with Crippen molar-refractivity contribution in [2.24, 2.45) is 5.73 Å². The number of nitrogens with two attached hydrogens (primary N) is 1. The molecule has 3 nitrogen and oxygen atoms in total. The Morgan fingerprint density at radius 1 is 1.19 bits per heavy atom. The second-order valence-corrected chi connectivity index (χ2v) is 5.71. The number of rotatable bonds is 6. The number of ether oxygens (including phenoxy) is 1. The average molecular weight is 325 g/mol. The van der Waals surface area contributed by atoms with Crippen LogP contribution in [0, 0.1) is 0 Å². The third kappa shape index (κ3) is 4.88. The quantitative estimate of drug-likeness (QED) is 0.864. The molecule has 1 unspecified atom stereocenters. The van der Waals surface area contributed by atoms with Gasteiger partial charge in [-0.1, -0.05) is 36.2 Å². The van der Waals surface area contributed by atoms with Gasteiger partial charge in [-0.05, 0) is 36.2 Å². The lowest BCUT2D eigenvalue weighted by Crippen LogP contribution is -2.21. The molecule has 0 saturated carbocycles. The van der Waals surface area contributed by atoms with Gasteiger partial charge in [0.1, 0.15) is 12.4 Å². The summed E-state index contributed by atoms with van der Waals surface area (Å²) >= 11 is 11.8. The standard InChI is InChI=1S/C16H18Cl2N2O/c1-2-12(19)8-13-4-5-14(9-20-13)21-10-11-3-6-15(17)16(18)7-11/h3-7,9,12H,2,8,10,19H2,1H3. The summed E-state index contributed by atoms with van der Waals surface area (Å²) < 4.78 is 5.68. The number of hydrogen-bond donors (Lipinski definition) is 1. The van der Waals surface area contributed by atoms with E-state index in [1.54, 1.807) is 18.3 Å². The molecule has 0 spiro atoms. The molecule has 0 aliphatic heterocycles. The zero-order chi connectivity index (χ0) is 15.2. The van der Waals surface area contributed by atoms with Crippen LogP contribution in [0.2, 0.25) is 10.0 Å². The van der Waals surface area contributed by atoms with E-state index in [1.807, 2.05) is 18.2 Å². The Kier molecular flexibility index (Phi) is 5.85. The summed E-state index contributed by atoms with van der Waals surface area (Å²) in [5.41, 5.74) is 7.85. The van der Waals surface area contributed by atoms with Crippen molar-refractivity contribution < 1.29 is 4.74 Å². The molecule has 0 bridgehead atoms. The predicted octanol–water partition coefficient (Wildman–Crippen LogP) is 4.25. The number of nitrogens with zero attached hydrogens (tertiary/aromatic N) is 1. The summed E-state index contributed by atoms with van der Waals surface area (Å²) in [6.45, 7) is 2.49. The second-order valence-electron chi connectivity index (χ2n) is 4.89. The van der Waals surface area contributed by atoms with Crippen molar-refractivity contribution >= 4 is 23.2 Å². The Morgan fingerprint density at radius 2 is 2.00 bits per heavy atom. The number of pyridine rings is 1. The molecule has 1 aromatic heterocycles. The normalized spacial score (nSPS) is 12.2. The van der Waals surface area contributed by atoms with Gasteiger partial charge in [0.05, 0.1) is 16.2 Å². The van der Waals surface area contributed by atoms with Crippen LogP contribution in [0.25, 0.3) is 0 Å². The molecular weight excluding hydrogens is 307 g/mol. The molecule has 2 rings (SSSR count). The maximum Gasteiger partial charge on any atom is 0.138 e. The monoisotopic (exact) mass is 324 g/mol. The first kappa shape index (κ1) is 16.1. The van der Waals surface area contributed by atoms with E-state index in [9.17, 15) is 0 Å². The fourth-order valence-corrected chi connectivity index (χ4v) is 2.15. The Bertz CT molecular complexity index is 587. The van der Waals surface area contributed by atoms with Crippen LogP contribution in [0.1, 0.15) is 24.6 Å². The van der Waals surface area contributed by atoms with E-state index < -0.39 is 0 Å². The van der Waals surface area contributed by atoms with Crippen LogP contribution in [0.3, 0.4) is 0 Å². The van der Waals surface area contributed by atoms with Crippen LogP contribution >= 0.6 is 23.2 Å². The lowest BCUT2D eigenvalue weighted by atomic mass is 10.1. The highest BCUT2D eigenvalue weighted by atomic mass is 35.5. The van der Waals surface area contributed by atoms with Crippen LogP contribution in [0.5, 0.6) is 5.75 Å². The van der Waals surface area contributed by atoms with Crippen LogP contribution in [0.4, 0.5) is 0 Å². The van der Waals surface area contributed by atoms with Crippen molar-refractivity contribution in [2.45, 2.75) is 32.4 Å². The van der Waals surface area contributed by atoms with Gasteiger partial charge in [0, 0.05) is 18.2 Å². The van der Waals surface area contributed by atoms with E-state index in [0.29, 0.717) is 16.7 Å². The summed E-state index contributed by atoms with van der Waals surface area (Å²) in [6, 6.07) is 9.45. The van der Waals surface area contributed by atoms with Crippen molar-refractivity contribution in [3.05, 3.63) is 57.8 Å². The molecule has 0 saturated heterocycles. The van der Waals surface area contributed by atoms with Gasteiger partial charge in [-0.3, -0.25) is 4.98 Å². The molecule has 1 heterocycles. The van der Waals surface area contributed by atoms with Gasteiger partial charge in [0.2, 0.25) is 0 Å². The molecule has 0 amide bonds. The molecule has 2 N–H and O–H groups in total. The van der Waals surface area contributed by atoms with E-state index >= 15 is 0 Å². The van der Waals surface area contributed by atoms with E-state index in [1.165, 1.54) is 0 Å². The summed E-state index contributed by atoms with van der Waals surface area (Å²) in [5.74, 6) is 0.717. The van der Waals surface area contributed by atoms with Gasteiger partial charge >= 0.3 is 0 Å². The zero-order valence-corrected chi connectivity index (χ0v) is 13.4. The Morgan fingerprint density at radius 3 is 2.62 bits per heavy atom. The fraction of sp³-hybridized carbons (Fsp3) is 0.312. The van der Waals surface area contributed by atoms with Crippen LogP contribution in [0.15, 0.2) is 36.5 Å². The number of aromatic nitrogens is 1. The minimum atomic E-state index is 0.153. The summed E-state index contributed by atoms with van der Waals surface area (Å²) in [6.07, 6.45) is 3.44. The van der Waals surface area contributed by atoms with Crippen molar-refractivity contribution in [2.75, 3.05) is 0 Å². The maximum absolute atomic E-state index is 5.97. The minimum absolute atomic E-state index is 0.153. The van der Waals surface area contributed by atoms with Crippen molar-refractivity contribution in [1.29, 1.82) is 0 Å². The van der Waals surface area contributed by atoms with Crippen LogP contribution < -0.4 is 10.5 Å². The molecule has 0 aliphatic carbocycles. The third-order valence-electron chi connectivity index (χ3n) is 3.18. The van der Waals surface area contributed by atoms with Gasteiger partial charge in [-0.25, -0.2) is 0 Å². The van der Waals surface area contributed by atoms with Crippen LogP contribution in [-0.4, -0.2) is 11.0 Å². The van der Waals surface area contributed by atoms with Gasteiger partial charge in [-0.2, -0.15) is 0 Å². The first-order valence-electron chi connectivity index (χ1n) is 6.85. The van der Waals surface area contributed by atoms with Gasteiger partial charge < -0.3 is 10.5 Å². The highest BCUT2D eigenvalue weighted by Gasteiger charge is 2.04. The van der Waals surface area contributed by atoms with E-state index in [0.717, 1.165) is 29.8 Å². The smallest absolute Gasteiger partial charge is 0.138 e. The predicted molar refractivity (Wildman–Crippen MR) is 87.0 cm³/mol. The average Bonchev–Trinajstić information content (AvgIpc) is 2.50. The first-order valence-corrected chi connectivity index (χ1v) is 7.61. The molecule has 0 radical (unpaired) electrons. The van der Waals surface area contributed by atoms with Crippen molar-refractivity contribution in [3.8, 4) is 5.75 Å². The molecule has 1 aromatic carbocycles. The fourth-order valence-electron chi connectivity index (χ4n) is 1.83. The van der Waals surface area contributed by atoms with Crippen molar-refractivity contribution in [3.63, 3.8) is 0 Å². The zero-order valence-electron chi connectivity index (χ0n) is 11.9. The van der Waals surface area contributed by atoms with E-state index in [4.69, 9.17) is 33.7 Å². The van der Waals surface area contributed by atoms with Gasteiger partial charge in [0.15, 0.2) is 0 Å². The maximum atomic E-state index is 5.97. The van der Waals surface area contributed by atoms with Crippen molar-refractivity contribution in [1.82, 2.24) is 4.98 Å². The number of halogens is 2. The molecule has 2 aromatic rings. The van der Waals surface area contributed by atoms with Crippen LogP contribution in [-0.2, 0) is 13.0 Å². The molecule has 0 fully saturated rings. The van der Waals surface area contributed by atoms with Gasteiger partial charge in [0.25, 0.3) is 0 Å². The molecule has 1 atom stereocenters. The largest absolute Gasteiger partial charge is 0.487 e. The summed E-state index contributed by atoms with van der Waals surface area (Å²) in [7, 11) is 0. The lowest BCUT2D eigenvalue weighted by molar-refractivity contribution is 0.305. The minimum Gasteiger partial charge on any atom is -0.487 e.